The number of allylic oxidation sites excluding steroid dienone is 3. The van der Waals surface area contributed by atoms with Gasteiger partial charge in [-0.05, 0) is 31.2 Å². The van der Waals surface area contributed by atoms with E-state index in [9.17, 15) is 18.0 Å². The quantitative estimate of drug-likeness (QED) is 0.500. The Morgan fingerprint density at radius 1 is 1.39 bits per heavy atom. The molecule has 1 aliphatic rings. The van der Waals surface area contributed by atoms with Gasteiger partial charge >= 0.3 is 6.18 Å². The molecule has 0 bridgehead atoms. The number of nitrogens with two attached hydrogens (primary N) is 1. The summed E-state index contributed by atoms with van der Waals surface area (Å²) in [6, 6.07) is 1.79. The molecule has 0 saturated carbocycles. The molecular formula is C18H16ClF3N4OS. The van der Waals surface area contributed by atoms with Gasteiger partial charge in [-0.15, -0.1) is 0 Å². The maximum absolute atomic E-state index is 13.0. The van der Waals surface area contributed by atoms with Crippen LogP contribution in [-0.2, 0) is 11.0 Å². The lowest BCUT2D eigenvalue weighted by atomic mass is 9.98. The Morgan fingerprint density at radius 3 is 2.82 bits per heavy atom. The van der Waals surface area contributed by atoms with Gasteiger partial charge in [-0.3, -0.25) is 4.79 Å². The zero-order chi connectivity index (χ0) is 20.5. The minimum absolute atomic E-state index is 0.108. The minimum Gasteiger partial charge on any atom is -0.352 e. The highest BCUT2D eigenvalue weighted by Gasteiger charge is 2.32. The number of aromatic nitrogens is 2. The van der Waals surface area contributed by atoms with Crippen molar-refractivity contribution in [2.24, 2.45) is 5.73 Å². The number of hydrogen-bond donors (Lipinski definition) is 3. The number of fused-ring (bicyclic) bond motifs is 1. The van der Waals surface area contributed by atoms with Gasteiger partial charge in [0.15, 0.2) is 0 Å². The van der Waals surface area contributed by atoms with E-state index >= 15 is 0 Å². The van der Waals surface area contributed by atoms with Crippen LogP contribution in [0.15, 0.2) is 29.9 Å². The summed E-state index contributed by atoms with van der Waals surface area (Å²) >= 11 is 11.2. The Hall–Kier alpha value is -2.23. The van der Waals surface area contributed by atoms with Crippen LogP contribution in [0.4, 0.5) is 13.2 Å². The lowest BCUT2D eigenvalue weighted by molar-refractivity contribution is -0.137. The van der Waals surface area contributed by atoms with E-state index in [-0.39, 0.29) is 22.0 Å². The van der Waals surface area contributed by atoms with Gasteiger partial charge in [0.05, 0.1) is 21.7 Å². The second-order valence-corrected chi connectivity index (χ2v) is 7.08. The lowest BCUT2D eigenvalue weighted by Crippen LogP contribution is -2.30. The Morgan fingerprint density at radius 2 is 2.14 bits per heavy atom. The number of carbonyl (C=O) groups excluding carboxylic acids is 1. The molecule has 28 heavy (non-hydrogen) atoms. The Labute approximate surface area is 168 Å². The van der Waals surface area contributed by atoms with Crippen LogP contribution in [0.5, 0.6) is 0 Å². The molecule has 1 aromatic heterocycles. The molecule has 1 heterocycles. The number of nitrogens with one attached hydrogen (secondary N) is 2. The third-order valence-corrected chi connectivity index (χ3v) is 4.83. The summed E-state index contributed by atoms with van der Waals surface area (Å²) in [6.07, 6.45) is -0.208. The summed E-state index contributed by atoms with van der Waals surface area (Å²) < 4.78 is 39.0. The zero-order valence-corrected chi connectivity index (χ0v) is 16.1. The predicted octanol–water partition coefficient (Wildman–Crippen LogP) is 3.78. The zero-order valence-electron chi connectivity index (χ0n) is 14.5. The van der Waals surface area contributed by atoms with E-state index in [0.717, 1.165) is 12.1 Å². The molecule has 10 heteroatoms. The predicted molar refractivity (Wildman–Crippen MR) is 106 cm³/mol. The van der Waals surface area contributed by atoms with Crippen molar-refractivity contribution in [1.29, 1.82) is 0 Å². The summed E-state index contributed by atoms with van der Waals surface area (Å²) in [6.45, 7) is 0.878. The molecule has 0 spiro atoms. The summed E-state index contributed by atoms with van der Waals surface area (Å²) in [5, 5.41) is 2.63. The molecule has 1 amide bonds. The number of rotatable bonds is 5. The minimum atomic E-state index is -4.52. The topological polar surface area (TPSA) is 83.8 Å². The molecule has 3 rings (SSSR count). The summed E-state index contributed by atoms with van der Waals surface area (Å²) in [5.74, 6) is -0.0106. The van der Waals surface area contributed by atoms with Crippen LogP contribution < -0.4 is 11.1 Å². The van der Waals surface area contributed by atoms with Crippen molar-refractivity contribution in [1.82, 2.24) is 15.3 Å². The highest BCUT2D eigenvalue weighted by atomic mass is 35.5. The van der Waals surface area contributed by atoms with E-state index < -0.39 is 11.7 Å². The van der Waals surface area contributed by atoms with Crippen molar-refractivity contribution in [2.75, 3.05) is 13.1 Å². The van der Waals surface area contributed by atoms with Crippen LogP contribution >= 0.6 is 23.8 Å². The molecule has 0 unspecified atom stereocenters. The van der Waals surface area contributed by atoms with Crippen LogP contribution in [0, 0.1) is 0 Å². The number of thiocarbonyl (C=S) groups is 1. The SMILES string of the molecule is NCCCNC(=O)C1=CC(c2nc3c(Cl)cc(C(F)(F)F)cc3[nH]2)=CCC1=S. The maximum atomic E-state index is 13.0. The van der Waals surface area contributed by atoms with Crippen LogP contribution in [-0.4, -0.2) is 33.8 Å². The fraction of sp³-hybridized carbons (Fsp3) is 0.278. The molecule has 4 N–H and O–H groups in total. The number of imidazole rings is 1. The molecule has 1 aromatic carbocycles. The summed E-state index contributed by atoms with van der Waals surface area (Å²) in [7, 11) is 0. The molecule has 0 fully saturated rings. The second kappa shape index (κ2) is 8.02. The first-order chi connectivity index (χ1) is 13.2. The number of carbonyl (C=O) groups is 1. The van der Waals surface area contributed by atoms with Crippen LogP contribution in [0.25, 0.3) is 16.6 Å². The number of nitrogens with zero attached hydrogens (tertiary/aromatic N) is 1. The fourth-order valence-electron chi connectivity index (χ4n) is 2.74. The molecular weight excluding hydrogens is 413 g/mol. The second-order valence-electron chi connectivity index (χ2n) is 6.18. The van der Waals surface area contributed by atoms with Crippen molar-refractivity contribution >= 4 is 51.2 Å². The number of hydrogen-bond acceptors (Lipinski definition) is 4. The third kappa shape index (κ3) is 4.26. The smallest absolute Gasteiger partial charge is 0.352 e. The Bertz CT molecular complexity index is 1010. The average Bonchev–Trinajstić information content (AvgIpc) is 3.06. The number of H-pyrrole nitrogens is 1. The fourth-order valence-corrected chi connectivity index (χ4v) is 3.24. The summed E-state index contributed by atoms with van der Waals surface area (Å²) in [4.78, 5) is 19.9. The van der Waals surface area contributed by atoms with Crippen LogP contribution in [0.2, 0.25) is 5.02 Å². The molecule has 0 aliphatic heterocycles. The molecule has 0 saturated heterocycles. The third-order valence-electron chi connectivity index (χ3n) is 4.16. The molecule has 5 nitrogen and oxygen atoms in total. The van der Waals surface area contributed by atoms with E-state index in [4.69, 9.17) is 29.6 Å². The van der Waals surface area contributed by atoms with Crippen molar-refractivity contribution in [3.05, 3.63) is 46.3 Å². The van der Waals surface area contributed by atoms with Crippen LogP contribution in [0.1, 0.15) is 24.2 Å². The van der Waals surface area contributed by atoms with Gasteiger partial charge in [0.1, 0.15) is 11.3 Å². The van der Waals surface area contributed by atoms with Gasteiger partial charge < -0.3 is 16.0 Å². The number of amides is 1. The van der Waals surface area contributed by atoms with E-state index in [1.54, 1.807) is 12.2 Å². The van der Waals surface area contributed by atoms with Gasteiger partial charge in [0, 0.05) is 23.4 Å². The highest BCUT2D eigenvalue weighted by Crippen LogP contribution is 2.35. The van der Waals surface area contributed by atoms with Crippen molar-refractivity contribution in [2.45, 2.75) is 19.0 Å². The summed E-state index contributed by atoms with van der Waals surface area (Å²) in [5.41, 5.74) is 5.81. The number of benzene rings is 1. The Kier molecular flexibility index (Phi) is 5.87. The van der Waals surface area contributed by atoms with E-state index in [1.807, 2.05) is 0 Å². The maximum Gasteiger partial charge on any atom is 0.416 e. The molecule has 1 aliphatic carbocycles. The van der Waals surface area contributed by atoms with Gasteiger partial charge in [0.2, 0.25) is 0 Å². The Balaban J connectivity index is 1.94. The van der Waals surface area contributed by atoms with Crippen molar-refractivity contribution < 1.29 is 18.0 Å². The van der Waals surface area contributed by atoms with Gasteiger partial charge in [-0.2, -0.15) is 13.2 Å². The normalized spacial score (nSPS) is 14.8. The number of halogens is 4. The van der Waals surface area contributed by atoms with Crippen molar-refractivity contribution in [3.63, 3.8) is 0 Å². The van der Waals surface area contributed by atoms with E-state index in [2.05, 4.69) is 15.3 Å². The van der Waals surface area contributed by atoms with Crippen molar-refractivity contribution in [3.8, 4) is 0 Å². The molecule has 2 aromatic rings. The largest absolute Gasteiger partial charge is 0.416 e. The standard InChI is InChI=1S/C18H16ClF3N4OS/c19-12-7-10(18(20,21)22)8-13-15(12)26-16(25-13)9-2-3-14(28)11(6-9)17(27)24-5-1-4-23/h2,6-8H,1,3-5,23H2,(H,24,27)(H,25,26). The highest BCUT2D eigenvalue weighted by molar-refractivity contribution is 7.81. The van der Waals surface area contributed by atoms with E-state index in [0.29, 0.717) is 47.8 Å². The molecule has 148 valence electrons. The monoisotopic (exact) mass is 428 g/mol. The first-order valence-corrected chi connectivity index (χ1v) is 9.19. The number of alkyl halides is 3. The van der Waals surface area contributed by atoms with Gasteiger partial charge in [-0.1, -0.05) is 29.9 Å². The van der Waals surface area contributed by atoms with Crippen LogP contribution in [0.3, 0.4) is 0 Å². The lowest BCUT2D eigenvalue weighted by Gasteiger charge is -2.14. The molecule has 0 radical (unpaired) electrons. The average molecular weight is 429 g/mol. The van der Waals surface area contributed by atoms with E-state index in [1.165, 1.54) is 0 Å². The van der Waals surface area contributed by atoms with Gasteiger partial charge in [0.25, 0.3) is 5.91 Å². The molecule has 0 atom stereocenters. The number of aromatic amines is 1. The first-order valence-electron chi connectivity index (χ1n) is 8.41. The van der Waals surface area contributed by atoms with Gasteiger partial charge in [-0.25, -0.2) is 4.98 Å². The first kappa shape index (κ1) is 20.5.